The Morgan fingerprint density at radius 2 is 0.805 bits per heavy atom. The zero-order valence-electron chi connectivity index (χ0n) is 28.2. The standard InChI is InChI=1S/C22H34.C19H36/c1-3-4-18-7-11-20(12-8-18)22-15-13-21(14-16-22)19-9-5-17(2)6-10-19;1-3-5-7-17-10-14-19(15-11-17)18-12-8-16(6-4-2)9-13-18/h5-6,9-10,18,20-22H,3-4,7-8,11-16H2,1-2H3;16-19H,3-15H2,1-2H3. The third kappa shape index (κ3) is 10.7. The second-order valence-electron chi connectivity index (χ2n) is 15.6. The highest BCUT2D eigenvalue weighted by atomic mass is 14.4. The first kappa shape index (κ1) is 33.1. The van der Waals surface area contributed by atoms with Crippen LogP contribution in [-0.4, -0.2) is 0 Å². The van der Waals surface area contributed by atoms with Crippen molar-refractivity contribution in [2.75, 3.05) is 0 Å². The van der Waals surface area contributed by atoms with Crippen LogP contribution in [0.5, 0.6) is 0 Å². The highest BCUT2D eigenvalue weighted by molar-refractivity contribution is 5.24. The smallest absolute Gasteiger partial charge is 0.0162 e. The zero-order valence-corrected chi connectivity index (χ0v) is 28.2. The maximum Gasteiger partial charge on any atom is -0.0162 e. The monoisotopic (exact) mass is 563 g/mol. The number of unbranched alkanes of at least 4 members (excludes halogenated alkanes) is 1. The molecule has 4 fully saturated rings. The molecule has 0 saturated heterocycles. The van der Waals surface area contributed by atoms with Crippen LogP contribution in [0.15, 0.2) is 24.3 Å². The van der Waals surface area contributed by atoms with Gasteiger partial charge in [-0.2, -0.15) is 0 Å². The fourth-order valence-corrected chi connectivity index (χ4v) is 9.92. The van der Waals surface area contributed by atoms with Crippen LogP contribution in [0.3, 0.4) is 0 Å². The number of hydrogen-bond acceptors (Lipinski definition) is 0. The van der Waals surface area contributed by atoms with Gasteiger partial charge in [0.25, 0.3) is 0 Å². The maximum absolute atomic E-state index is 2.37. The van der Waals surface area contributed by atoms with Crippen molar-refractivity contribution in [3.63, 3.8) is 0 Å². The summed E-state index contributed by atoms with van der Waals surface area (Å²) in [7, 11) is 0. The van der Waals surface area contributed by atoms with Crippen molar-refractivity contribution in [1.29, 1.82) is 0 Å². The number of hydrogen-bond donors (Lipinski definition) is 0. The van der Waals surface area contributed by atoms with Gasteiger partial charge in [0.2, 0.25) is 0 Å². The average Bonchev–Trinajstić information content (AvgIpc) is 3.02. The number of benzene rings is 1. The average molecular weight is 563 g/mol. The molecule has 4 aliphatic carbocycles. The van der Waals surface area contributed by atoms with E-state index in [1.165, 1.54) is 102 Å². The number of rotatable bonds is 10. The largest absolute Gasteiger partial charge is 0.0654 e. The molecular weight excluding hydrogens is 492 g/mol. The summed E-state index contributed by atoms with van der Waals surface area (Å²) in [5.41, 5.74) is 2.98. The molecule has 0 radical (unpaired) electrons. The van der Waals surface area contributed by atoms with Gasteiger partial charge in [-0.15, -0.1) is 0 Å². The third-order valence-electron chi connectivity index (χ3n) is 12.7. The molecule has 0 N–H and O–H groups in total. The van der Waals surface area contributed by atoms with Gasteiger partial charge < -0.3 is 0 Å². The van der Waals surface area contributed by atoms with Crippen LogP contribution in [0, 0.1) is 48.3 Å². The minimum absolute atomic E-state index is 0.841. The van der Waals surface area contributed by atoms with Gasteiger partial charge in [0, 0.05) is 0 Å². The Morgan fingerprint density at radius 1 is 0.439 bits per heavy atom. The number of aryl methyl sites for hydroxylation is 1. The van der Waals surface area contributed by atoms with E-state index < -0.39 is 0 Å². The minimum atomic E-state index is 0.841. The van der Waals surface area contributed by atoms with E-state index >= 15 is 0 Å². The van der Waals surface area contributed by atoms with Gasteiger partial charge in [-0.1, -0.05) is 134 Å². The Kier molecular flexibility index (Phi) is 14.6. The predicted octanol–water partition coefficient (Wildman–Crippen LogP) is 13.5. The molecule has 4 saturated carbocycles. The van der Waals surface area contributed by atoms with Crippen LogP contribution < -0.4 is 0 Å². The van der Waals surface area contributed by atoms with Crippen molar-refractivity contribution < 1.29 is 0 Å². The zero-order chi connectivity index (χ0) is 28.9. The van der Waals surface area contributed by atoms with E-state index in [2.05, 4.69) is 52.0 Å². The molecule has 0 aromatic heterocycles. The topological polar surface area (TPSA) is 0 Å². The Hall–Kier alpha value is -0.780. The third-order valence-corrected chi connectivity index (χ3v) is 12.7. The lowest BCUT2D eigenvalue weighted by atomic mass is 9.68. The minimum Gasteiger partial charge on any atom is -0.0654 e. The van der Waals surface area contributed by atoms with E-state index in [4.69, 9.17) is 0 Å². The van der Waals surface area contributed by atoms with Crippen molar-refractivity contribution >= 4 is 0 Å². The van der Waals surface area contributed by atoms with E-state index in [9.17, 15) is 0 Å². The summed E-state index contributed by atoms with van der Waals surface area (Å²) < 4.78 is 0. The highest BCUT2D eigenvalue weighted by Gasteiger charge is 2.32. The lowest BCUT2D eigenvalue weighted by Gasteiger charge is -2.38. The lowest BCUT2D eigenvalue weighted by molar-refractivity contribution is 0.140. The molecule has 0 atom stereocenters. The van der Waals surface area contributed by atoms with Crippen LogP contribution in [0.2, 0.25) is 0 Å². The SMILES string of the molecule is CCCC1CCC(C2CCC(c3ccc(C)cc3)CC2)CC1.CCCCC1CCC(C2CCC(CCC)CC2)CC1. The van der Waals surface area contributed by atoms with Crippen LogP contribution in [0.4, 0.5) is 0 Å². The first-order chi connectivity index (χ1) is 20.1. The van der Waals surface area contributed by atoms with Crippen molar-refractivity contribution in [3.8, 4) is 0 Å². The molecule has 0 aliphatic heterocycles. The summed E-state index contributed by atoms with van der Waals surface area (Å²) in [5, 5.41) is 0. The van der Waals surface area contributed by atoms with Crippen molar-refractivity contribution in [2.24, 2.45) is 41.4 Å². The molecule has 234 valence electrons. The molecule has 0 unspecified atom stereocenters. The lowest BCUT2D eigenvalue weighted by Crippen LogP contribution is -2.25. The molecule has 0 heterocycles. The molecule has 0 amide bonds. The molecule has 1 aromatic carbocycles. The van der Waals surface area contributed by atoms with Gasteiger partial charge in [-0.25, -0.2) is 0 Å². The molecule has 4 aliphatic rings. The van der Waals surface area contributed by atoms with Crippen molar-refractivity contribution in [1.82, 2.24) is 0 Å². The van der Waals surface area contributed by atoms with Crippen LogP contribution >= 0.6 is 0 Å². The fourth-order valence-electron chi connectivity index (χ4n) is 9.92. The van der Waals surface area contributed by atoms with Crippen LogP contribution in [-0.2, 0) is 0 Å². The maximum atomic E-state index is 2.37. The molecular formula is C41H70. The predicted molar refractivity (Wildman–Crippen MR) is 182 cm³/mol. The van der Waals surface area contributed by atoms with Crippen molar-refractivity contribution in [3.05, 3.63) is 35.4 Å². The molecule has 0 bridgehead atoms. The van der Waals surface area contributed by atoms with Gasteiger partial charge in [0.1, 0.15) is 0 Å². The highest BCUT2D eigenvalue weighted by Crippen LogP contribution is 2.45. The van der Waals surface area contributed by atoms with Gasteiger partial charge in [-0.05, 0) is 124 Å². The first-order valence-electron chi connectivity index (χ1n) is 19.2. The molecule has 0 spiro atoms. The van der Waals surface area contributed by atoms with E-state index in [-0.39, 0.29) is 0 Å². The van der Waals surface area contributed by atoms with E-state index in [0.717, 1.165) is 47.3 Å². The van der Waals surface area contributed by atoms with Crippen LogP contribution in [0.1, 0.15) is 185 Å². The second-order valence-corrected chi connectivity index (χ2v) is 15.6. The molecule has 1 aromatic rings. The summed E-state index contributed by atoms with van der Waals surface area (Å²) in [5.74, 6) is 8.41. The van der Waals surface area contributed by atoms with Gasteiger partial charge >= 0.3 is 0 Å². The van der Waals surface area contributed by atoms with E-state index in [1.807, 2.05) is 0 Å². The van der Waals surface area contributed by atoms with Gasteiger partial charge in [0.15, 0.2) is 0 Å². The van der Waals surface area contributed by atoms with E-state index in [0.29, 0.717) is 0 Å². The quantitative estimate of drug-likeness (QED) is 0.266. The first-order valence-corrected chi connectivity index (χ1v) is 19.2. The summed E-state index contributed by atoms with van der Waals surface area (Å²) in [6.07, 6.45) is 34.6. The Morgan fingerprint density at radius 3 is 1.17 bits per heavy atom. The second kappa shape index (κ2) is 18.1. The van der Waals surface area contributed by atoms with Crippen molar-refractivity contribution in [2.45, 2.75) is 181 Å². The van der Waals surface area contributed by atoms with Gasteiger partial charge in [-0.3, -0.25) is 0 Å². The summed E-state index contributed by atoms with van der Waals surface area (Å²) in [6, 6.07) is 9.32. The summed E-state index contributed by atoms with van der Waals surface area (Å²) >= 11 is 0. The summed E-state index contributed by atoms with van der Waals surface area (Å²) in [4.78, 5) is 0. The molecule has 0 nitrogen and oxygen atoms in total. The molecule has 5 rings (SSSR count). The normalized spacial score (nSPS) is 34.4. The Balaban J connectivity index is 0.000000191. The molecule has 0 heteroatoms. The van der Waals surface area contributed by atoms with E-state index in [1.54, 1.807) is 56.9 Å². The van der Waals surface area contributed by atoms with Gasteiger partial charge in [0.05, 0.1) is 0 Å². The molecule has 41 heavy (non-hydrogen) atoms. The fraction of sp³-hybridized carbons (Fsp3) is 0.854. The van der Waals surface area contributed by atoms with Crippen LogP contribution in [0.25, 0.3) is 0 Å². The summed E-state index contributed by atoms with van der Waals surface area (Å²) in [6.45, 7) is 9.22. The Bertz CT molecular complexity index is 774. The Labute approximate surface area is 257 Å².